The fraction of sp³-hybridized carbons (Fsp3) is 0.353. The van der Waals surface area contributed by atoms with E-state index in [9.17, 15) is 5.11 Å². The first-order valence-corrected chi connectivity index (χ1v) is 7.26. The molecule has 0 saturated carbocycles. The van der Waals surface area contributed by atoms with Crippen molar-refractivity contribution in [3.05, 3.63) is 53.7 Å². The molecule has 1 atom stereocenters. The van der Waals surface area contributed by atoms with E-state index in [2.05, 4.69) is 34.1 Å². The van der Waals surface area contributed by atoms with Crippen molar-refractivity contribution < 1.29 is 5.11 Å². The predicted octanol–water partition coefficient (Wildman–Crippen LogP) is 3.61. The predicted molar refractivity (Wildman–Crippen MR) is 81.3 cm³/mol. The molecule has 104 valence electrons. The van der Waals surface area contributed by atoms with Crippen molar-refractivity contribution in [2.45, 2.75) is 32.3 Å². The maximum Gasteiger partial charge on any atom is 0.138 e. The van der Waals surface area contributed by atoms with Crippen LogP contribution >= 0.6 is 0 Å². The summed E-state index contributed by atoms with van der Waals surface area (Å²) >= 11 is 0. The molecule has 1 aromatic heterocycles. The Labute approximate surface area is 119 Å². The van der Waals surface area contributed by atoms with Gasteiger partial charge in [-0.1, -0.05) is 24.3 Å². The third-order valence-electron chi connectivity index (χ3n) is 3.88. The number of anilines is 2. The molecule has 0 saturated heterocycles. The average molecular weight is 268 g/mol. The quantitative estimate of drug-likeness (QED) is 0.904. The van der Waals surface area contributed by atoms with Gasteiger partial charge in [-0.15, -0.1) is 0 Å². The van der Waals surface area contributed by atoms with Gasteiger partial charge in [-0.05, 0) is 43.9 Å². The van der Waals surface area contributed by atoms with E-state index in [4.69, 9.17) is 0 Å². The van der Waals surface area contributed by atoms with E-state index >= 15 is 0 Å². The lowest BCUT2D eigenvalue weighted by molar-refractivity contribution is 0.199. The maximum atomic E-state index is 9.99. The van der Waals surface area contributed by atoms with Crippen LogP contribution in [-0.4, -0.2) is 16.6 Å². The summed E-state index contributed by atoms with van der Waals surface area (Å²) in [5.74, 6) is 0.886. The summed E-state index contributed by atoms with van der Waals surface area (Å²) < 4.78 is 0. The van der Waals surface area contributed by atoms with Crippen molar-refractivity contribution in [3.8, 4) is 0 Å². The van der Waals surface area contributed by atoms with E-state index in [-0.39, 0.29) is 0 Å². The summed E-state index contributed by atoms with van der Waals surface area (Å²) in [6.07, 6.45) is 4.75. The molecular formula is C17H20N2O. The molecule has 0 spiro atoms. The number of aliphatic hydroxyl groups is 1. The molecule has 0 fully saturated rings. The minimum Gasteiger partial charge on any atom is -0.389 e. The smallest absolute Gasteiger partial charge is 0.138 e. The van der Waals surface area contributed by atoms with Gasteiger partial charge in [0.05, 0.1) is 6.10 Å². The molecule has 0 radical (unpaired) electrons. The topological polar surface area (TPSA) is 36.4 Å². The lowest BCUT2D eigenvalue weighted by Gasteiger charge is -2.26. The zero-order chi connectivity index (χ0) is 13.9. The first kappa shape index (κ1) is 13.1. The van der Waals surface area contributed by atoms with Crippen molar-refractivity contribution in [1.29, 1.82) is 0 Å². The van der Waals surface area contributed by atoms with Crippen molar-refractivity contribution in [2.24, 2.45) is 0 Å². The van der Waals surface area contributed by atoms with Crippen LogP contribution in [0.3, 0.4) is 0 Å². The number of aryl methyl sites for hydroxylation is 1. The van der Waals surface area contributed by atoms with Gasteiger partial charge in [0.15, 0.2) is 0 Å². The highest BCUT2D eigenvalue weighted by Gasteiger charge is 2.21. The molecule has 1 aromatic carbocycles. The average Bonchev–Trinajstić information content (AvgIpc) is 2.69. The fourth-order valence-corrected chi connectivity index (χ4v) is 2.87. The SMILES string of the molecule is CC(O)c1cccnc1N1CCCCc2ccccc21. The van der Waals surface area contributed by atoms with Gasteiger partial charge in [-0.25, -0.2) is 4.98 Å². The zero-order valence-corrected chi connectivity index (χ0v) is 11.8. The Morgan fingerprint density at radius 1 is 1.15 bits per heavy atom. The highest BCUT2D eigenvalue weighted by molar-refractivity contribution is 5.67. The molecule has 3 nitrogen and oxygen atoms in total. The number of rotatable bonds is 2. The number of fused-ring (bicyclic) bond motifs is 1. The van der Waals surface area contributed by atoms with Gasteiger partial charge >= 0.3 is 0 Å². The number of aromatic nitrogens is 1. The molecule has 2 heterocycles. The Balaban J connectivity index is 2.10. The number of para-hydroxylation sites is 1. The number of benzene rings is 1. The Hall–Kier alpha value is -1.87. The number of hydrogen-bond acceptors (Lipinski definition) is 3. The second-order valence-corrected chi connectivity index (χ2v) is 5.33. The van der Waals surface area contributed by atoms with Crippen LogP contribution in [0.1, 0.15) is 37.0 Å². The van der Waals surface area contributed by atoms with Gasteiger partial charge < -0.3 is 10.0 Å². The molecule has 1 aliphatic heterocycles. The van der Waals surface area contributed by atoms with E-state index in [0.29, 0.717) is 0 Å². The van der Waals surface area contributed by atoms with Crippen LogP contribution in [0.5, 0.6) is 0 Å². The normalized spacial score (nSPS) is 16.4. The number of nitrogens with zero attached hydrogens (tertiary/aromatic N) is 2. The molecule has 1 N–H and O–H groups in total. The molecule has 2 aromatic rings. The van der Waals surface area contributed by atoms with Gasteiger partial charge in [-0.2, -0.15) is 0 Å². The largest absolute Gasteiger partial charge is 0.389 e. The van der Waals surface area contributed by atoms with Gasteiger partial charge in [0.1, 0.15) is 5.82 Å². The Bertz CT molecular complexity index is 595. The first-order chi connectivity index (χ1) is 9.77. The lowest BCUT2D eigenvalue weighted by atomic mass is 10.1. The first-order valence-electron chi connectivity index (χ1n) is 7.26. The summed E-state index contributed by atoms with van der Waals surface area (Å²) in [5.41, 5.74) is 3.49. The van der Waals surface area contributed by atoms with Crippen LogP contribution in [-0.2, 0) is 6.42 Å². The third kappa shape index (κ3) is 2.41. The van der Waals surface area contributed by atoms with Crippen LogP contribution in [0.2, 0.25) is 0 Å². The zero-order valence-electron chi connectivity index (χ0n) is 11.8. The van der Waals surface area contributed by atoms with Gasteiger partial charge in [0.2, 0.25) is 0 Å². The van der Waals surface area contributed by atoms with Crippen molar-refractivity contribution in [2.75, 3.05) is 11.4 Å². The summed E-state index contributed by atoms with van der Waals surface area (Å²) in [4.78, 5) is 6.78. The molecule has 0 aliphatic carbocycles. The van der Waals surface area contributed by atoms with E-state index in [1.807, 2.05) is 12.1 Å². The Morgan fingerprint density at radius 2 is 2.00 bits per heavy atom. The second-order valence-electron chi connectivity index (χ2n) is 5.33. The highest BCUT2D eigenvalue weighted by atomic mass is 16.3. The Morgan fingerprint density at radius 3 is 2.85 bits per heavy atom. The van der Waals surface area contributed by atoms with Crippen LogP contribution in [0, 0.1) is 0 Å². The van der Waals surface area contributed by atoms with E-state index in [0.717, 1.165) is 30.8 Å². The van der Waals surface area contributed by atoms with E-state index < -0.39 is 6.10 Å². The summed E-state index contributed by atoms with van der Waals surface area (Å²) in [7, 11) is 0. The minimum atomic E-state index is -0.505. The molecule has 0 bridgehead atoms. The maximum absolute atomic E-state index is 9.99. The van der Waals surface area contributed by atoms with E-state index in [1.165, 1.54) is 17.7 Å². The number of pyridine rings is 1. The standard InChI is InChI=1S/C17H20N2O/c1-13(20)15-9-6-11-18-17(15)19-12-5-4-8-14-7-2-3-10-16(14)19/h2-3,6-7,9-11,13,20H,4-5,8,12H2,1H3. The van der Waals surface area contributed by atoms with Crippen molar-refractivity contribution >= 4 is 11.5 Å². The van der Waals surface area contributed by atoms with Crippen molar-refractivity contribution in [1.82, 2.24) is 4.98 Å². The number of aliphatic hydroxyl groups excluding tert-OH is 1. The van der Waals surface area contributed by atoms with Crippen LogP contribution < -0.4 is 4.90 Å². The number of hydrogen-bond donors (Lipinski definition) is 1. The molecule has 1 aliphatic rings. The minimum absolute atomic E-state index is 0.505. The second kappa shape index (κ2) is 5.63. The fourth-order valence-electron chi connectivity index (χ4n) is 2.87. The van der Waals surface area contributed by atoms with Gasteiger partial charge in [0.25, 0.3) is 0 Å². The highest BCUT2D eigenvalue weighted by Crippen LogP contribution is 2.34. The molecule has 3 heteroatoms. The summed E-state index contributed by atoms with van der Waals surface area (Å²) in [5, 5.41) is 9.99. The monoisotopic (exact) mass is 268 g/mol. The summed E-state index contributed by atoms with van der Waals surface area (Å²) in [6.45, 7) is 2.75. The molecular weight excluding hydrogens is 248 g/mol. The summed E-state index contributed by atoms with van der Waals surface area (Å²) in [6, 6.07) is 12.4. The molecule has 20 heavy (non-hydrogen) atoms. The van der Waals surface area contributed by atoms with Crippen LogP contribution in [0.25, 0.3) is 0 Å². The van der Waals surface area contributed by atoms with Gasteiger partial charge in [-0.3, -0.25) is 0 Å². The lowest BCUT2D eigenvalue weighted by Crippen LogP contribution is -2.21. The van der Waals surface area contributed by atoms with E-state index in [1.54, 1.807) is 13.1 Å². The molecule has 3 rings (SSSR count). The van der Waals surface area contributed by atoms with Gasteiger partial charge in [0, 0.05) is 24.0 Å². The Kier molecular flexibility index (Phi) is 3.70. The van der Waals surface area contributed by atoms with Crippen molar-refractivity contribution in [3.63, 3.8) is 0 Å². The molecule has 0 amide bonds. The third-order valence-corrected chi connectivity index (χ3v) is 3.88. The molecule has 1 unspecified atom stereocenters. The van der Waals surface area contributed by atoms with Crippen LogP contribution in [0.15, 0.2) is 42.6 Å². The van der Waals surface area contributed by atoms with Crippen LogP contribution in [0.4, 0.5) is 11.5 Å².